The van der Waals surface area contributed by atoms with Gasteiger partial charge in [-0.2, -0.15) is 0 Å². The van der Waals surface area contributed by atoms with Gasteiger partial charge in [0.1, 0.15) is 12.4 Å². The third-order valence-corrected chi connectivity index (χ3v) is 5.05. The number of nitrogens with zero attached hydrogens (tertiary/aromatic N) is 1. The SMILES string of the molecule is CC(C)NCCOCC(=O)N(C)C(COCCC(=O)C(C)C)COCCC(O)C(C)C. The van der Waals surface area contributed by atoms with E-state index < -0.39 is 6.10 Å². The molecule has 0 rings (SSSR count). The molecule has 1 amide bonds. The van der Waals surface area contributed by atoms with Crippen LogP contribution in [0.5, 0.6) is 0 Å². The molecule has 184 valence electrons. The van der Waals surface area contributed by atoms with Gasteiger partial charge in [0.25, 0.3) is 0 Å². The molecule has 8 heteroatoms. The largest absolute Gasteiger partial charge is 0.393 e. The van der Waals surface area contributed by atoms with Gasteiger partial charge in [-0.1, -0.05) is 41.5 Å². The number of nitrogens with one attached hydrogen (secondary N) is 1. The van der Waals surface area contributed by atoms with E-state index in [4.69, 9.17) is 14.2 Å². The van der Waals surface area contributed by atoms with Crippen LogP contribution in [-0.4, -0.2) is 93.1 Å². The van der Waals surface area contributed by atoms with Crippen LogP contribution >= 0.6 is 0 Å². The highest BCUT2D eigenvalue weighted by molar-refractivity contribution is 5.80. The lowest BCUT2D eigenvalue weighted by Gasteiger charge is -2.28. The Morgan fingerprint density at radius 1 is 0.935 bits per heavy atom. The topological polar surface area (TPSA) is 97.3 Å². The van der Waals surface area contributed by atoms with Gasteiger partial charge in [0.2, 0.25) is 5.91 Å². The van der Waals surface area contributed by atoms with Crippen molar-refractivity contribution >= 4 is 11.7 Å². The molecule has 31 heavy (non-hydrogen) atoms. The second-order valence-corrected chi connectivity index (χ2v) is 8.94. The fraction of sp³-hybridized carbons (Fsp3) is 0.913. The van der Waals surface area contributed by atoms with Crippen molar-refractivity contribution < 1.29 is 28.9 Å². The van der Waals surface area contributed by atoms with Gasteiger partial charge in [-0.3, -0.25) is 9.59 Å². The Bertz CT molecular complexity index is 485. The number of Topliss-reactive ketones (excluding diaryl/α,β-unsaturated/α-hetero) is 1. The molecule has 2 unspecified atom stereocenters. The van der Waals surface area contributed by atoms with Crippen LogP contribution < -0.4 is 5.32 Å². The molecule has 0 spiro atoms. The number of hydrogen-bond acceptors (Lipinski definition) is 7. The van der Waals surface area contributed by atoms with Gasteiger partial charge >= 0.3 is 0 Å². The first kappa shape index (κ1) is 29.9. The van der Waals surface area contributed by atoms with Crippen LogP contribution in [0.3, 0.4) is 0 Å². The van der Waals surface area contributed by atoms with Crippen LogP contribution in [0.25, 0.3) is 0 Å². The molecular weight excluding hydrogens is 400 g/mol. The summed E-state index contributed by atoms with van der Waals surface area (Å²) in [6, 6.07) is 0.0766. The lowest BCUT2D eigenvalue weighted by Crippen LogP contribution is -2.45. The third kappa shape index (κ3) is 15.4. The quantitative estimate of drug-likeness (QED) is 0.292. The molecule has 0 saturated heterocycles. The molecular formula is C23H46N2O6. The van der Waals surface area contributed by atoms with Crippen molar-refractivity contribution in [1.29, 1.82) is 0 Å². The first-order valence-corrected chi connectivity index (χ1v) is 11.5. The summed E-state index contributed by atoms with van der Waals surface area (Å²) < 4.78 is 16.9. The number of rotatable bonds is 19. The average molecular weight is 447 g/mol. The minimum atomic E-state index is -0.413. The number of hydrogen-bond donors (Lipinski definition) is 2. The lowest BCUT2D eigenvalue weighted by atomic mass is 10.1. The average Bonchev–Trinajstić information content (AvgIpc) is 2.70. The zero-order valence-electron chi connectivity index (χ0n) is 20.7. The van der Waals surface area contributed by atoms with Gasteiger partial charge in [-0.15, -0.1) is 0 Å². The summed E-state index contributed by atoms with van der Waals surface area (Å²) in [6.45, 7) is 14.2. The van der Waals surface area contributed by atoms with E-state index in [1.54, 1.807) is 11.9 Å². The number of likely N-dealkylation sites (N-methyl/N-ethyl adjacent to an activating group) is 1. The minimum Gasteiger partial charge on any atom is -0.393 e. The van der Waals surface area contributed by atoms with Crippen LogP contribution in [0.4, 0.5) is 0 Å². The van der Waals surface area contributed by atoms with Gasteiger partial charge in [0.05, 0.1) is 38.6 Å². The maximum absolute atomic E-state index is 12.5. The van der Waals surface area contributed by atoms with E-state index in [1.165, 1.54) is 0 Å². The first-order valence-electron chi connectivity index (χ1n) is 11.5. The zero-order valence-corrected chi connectivity index (χ0v) is 20.7. The Balaban J connectivity index is 4.53. The molecule has 8 nitrogen and oxygen atoms in total. The summed E-state index contributed by atoms with van der Waals surface area (Å²) in [5.41, 5.74) is 0. The van der Waals surface area contributed by atoms with Crippen molar-refractivity contribution in [2.75, 3.05) is 53.2 Å². The van der Waals surface area contributed by atoms with Crippen molar-refractivity contribution in [2.24, 2.45) is 11.8 Å². The highest BCUT2D eigenvalue weighted by Crippen LogP contribution is 2.07. The van der Waals surface area contributed by atoms with Crippen LogP contribution in [0.1, 0.15) is 54.4 Å². The molecule has 0 aliphatic heterocycles. The summed E-state index contributed by atoms with van der Waals surface area (Å²) in [5.74, 6) is 0.167. The van der Waals surface area contributed by atoms with Crippen LogP contribution in [0, 0.1) is 11.8 Å². The molecule has 0 radical (unpaired) electrons. The van der Waals surface area contributed by atoms with Crippen LogP contribution in [0.2, 0.25) is 0 Å². The number of carbonyl (C=O) groups is 2. The Morgan fingerprint density at radius 3 is 2.10 bits per heavy atom. The maximum atomic E-state index is 12.5. The summed E-state index contributed by atoms with van der Waals surface area (Å²) in [6.07, 6.45) is 0.483. The van der Waals surface area contributed by atoms with Crippen molar-refractivity contribution in [3.63, 3.8) is 0 Å². The highest BCUT2D eigenvalue weighted by Gasteiger charge is 2.21. The molecule has 0 aromatic heterocycles. The molecule has 0 saturated carbocycles. The smallest absolute Gasteiger partial charge is 0.248 e. The third-order valence-electron chi connectivity index (χ3n) is 5.05. The summed E-state index contributed by atoms with van der Waals surface area (Å²) in [7, 11) is 1.71. The normalized spacial score (nSPS) is 13.8. The summed E-state index contributed by atoms with van der Waals surface area (Å²) >= 11 is 0. The Hall–Kier alpha value is -1.06. The van der Waals surface area contributed by atoms with Gasteiger partial charge in [0.15, 0.2) is 0 Å². The monoisotopic (exact) mass is 446 g/mol. The fourth-order valence-corrected chi connectivity index (χ4v) is 2.59. The molecule has 2 atom stereocenters. The number of aliphatic hydroxyl groups is 1. The molecule has 0 heterocycles. The number of amides is 1. The van der Waals surface area contributed by atoms with E-state index in [1.807, 2.05) is 27.7 Å². The van der Waals surface area contributed by atoms with Crippen LogP contribution in [-0.2, 0) is 23.8 Å². The standard InChI is InChI=1S/C23H46N2O6/c1-17(2)21(26)8-11-29-14-20(15-30-12-9-22(27)18(3)4)25(7)23(28)16-31-13-10-24-19(5)6/h17-21,24,26H,8-16H2,1-7H3. The zero-order chi connectivity index (χ0) is 23.8. The van der Waals surface area contributed by atoms with E-state index >= 15 is 0 Å². The van der Waals surface area contributed by atoms with Crippen molar-refractivity contribution in [3.8, 4) is 0 Å². The molecule has 0 aromatic carbocycles. The second-order valence-electron chi connectivity index (χ2n) is 8.94. The molecule has 0 fully saturated rings. The summed E-state index contributed by atoms with van der Waals surface area (Å²) in [5, 5.41) is 13.1. The number of aliphatic hydroxyl groups excluding tert-OH is 1. The van der Waals surface area contributed by atoms with E-state index in [9.17, 15) is 14.7 Å². The number of carbonyl (C=O) groups excluding carboxylic acids is 2. The van der Waals surface area contributed by atoms with E-state index in [-0.39, 0.29) is 42.8 Å². The van der Waals surface area contributed by atoms with E-state index in [0.29, 0.717) is 51.9 Å². The van der Waals surface area contributed by atoms with Crippen LogP contribution in [0.15, 0.2) is 0 Å². The maximum Gasteiger partial charge on any atom is 0.248 e. The van der Waals surface area contributed by atoms with E-state index in [2.05, 4.69) is 19.2 Å². The summed E-state index contributed by atoms with van der Waals surface area (Å²) in [4.78, 5) is 25.9. The van der Waals surface area contributed by atoms with Crippen molar-refractivity contribution in [1.82, 2.24) is 10.2 Å². The second kappa shape index (κ2) is 17.5. The molecule has 2 N–H and O–H groups in total. The first-order chi connectivity index (χ1) is 14.6. The Morgan fingerprint density at radius 2 is 1.55 bits per heavy atom. The van der Waals surface area contributed by atoms with E-state index in [0.717, 1.165) is 0 Å². The van der Waals surface area contributed by atoms with Gasteiger partial charge in [-0.05, 0) is 12.3 Å². The fourth-order valence-electron chi connectivity index (χ4n) is 2.59. The van der Waals surface area contributed by atoms with Gasteiger partial charge in [0, 0.05) is 38.6 Å². The molecule has 0 bridgehead atoms. The lowest BCUT2D eigenvalue weighted by molar-refractivity contribution is -0.140. The molecule has 0 aliphatic carbocycles. The Kier molecular flexibility index (Phi) is 16.9. The molecule has 0 aromatic rings. The Labute approximate surface area is 189 Å². The van der Waals surface area contributed by atoms with Crippen molar-refractivity contribution in [3.05, 3.63) is 0 Å². The predicted octanol–water partition coefficient (Wildman–Crippen LogP) is 1.88. The number of ketones is 1. The minimum absolute atomic E-state index is 0.00925. The van der Waals surface area contributed by atoms with Crippen molar-refractivity contribution in [2.45, 2.75) is 72.6 Å². The number of ether oxygens (including phenoxy) is 3. The predicted molar refractivity (Wildman–Crippen MR) is 122 cm³/mol. The van der Waals surface area contributed by atoms with Gasteiger partial charge < -0.3 is 29.5 Å². The molecule has 0 aliphatic rings. The van der Waals surface area contributed by atoms with Gasteiger partial charge in [-0.25, -0.2) is 0 Å². The highest BCUT2D eigenvalue weighted by atomic mass is 16.5.